The molecule has 138 valence electrons. The van der Waals surface area contributed by atoms with Crippen molar-refractivity contribution in [1.29, 1.82) is 0 Å². The Morgan fingerprint density at radius 1 is 1.31 bits per heavy atom. The number of likely N-dealkylation sites (tertiary alicyclic amines) is 1. The van der Waals surface area contributed by atoms with Gasteiger partial charge in [-0.25, -0.2) is 9.37 Å². The maximum absolute atomic E-state index is 13.7. The van der Waals surface area contributed by atoms with Crippen molar-refractivity contribution in [3.8, 4) is 0 Å². The molecule has 26 heavy (non-hydrogen) atoms. The summed E-state index contributed by atoms with van der Waals surface area (Å²) < 4.78 is 13.7. The Kier molecular flexibility index (Phi) is 5.98. The molecule has 1 aliphatic heterocycles. The SMILES string of the molecule is C[C@@H]1CCCN(C(=O)Cc2csc(NC(=O)c3ccccc3F)n2)CC1. The Morgan fingerprint density at radius 3 is 2.92 bits per heavy atom. The molecule has 7 heteroatoms. The van der Waals surface area contributed by atoms with Crippen molar-refractivity contribution in [2.24, 2.45) is 5.92 Å². The molecule has 2 aromatic rings. The molecule has 1 fully saturated rings. The normalized spacial score (nSPS) is 17.6. The number of nitrogens with zero attached hydrogens (tertiary/aromatic N) is 2. The first kappa shape index (κ1) is 18.5. The molecule has 3 rings (SSSR count). The minimum Gasteiger partial charge on any atom is -0.342 e. The van der Waals surface area contributed by atoms with Crippen LogP contribution in [-0.2, 0) is 11.2 Å². The molecule has 0 radical (unpaired) electrons. The summed E-state index contributed by atoms with van der Waals surface area (Å²) in [4.78, 5) is 30.8. The first-order valence-corrected chi connectivity index (χ1v) is 9.69. The van der Waals surface area contributed by atoms with Gasteiger partial charge in [-0.2, -0.15) is 0 Å². The molecule has 1 N–H and O–H groups in total. The van der Waals surface area contributed by atoms with Crippen molar-refractivity contribution in [1.82, 2.24) is 9.88 Å². The van der Waals surface area contributed by atoms with Crippen LogP contribution in [0.2, 0.25) is 0 Å². The maximum Gasteiger partial charge on any atom is 0.260 e. The van der Waals surface area contributed by atoms with Crippen LogP contribution in [-0.4, -0.2) is 34.8 Å². The van der Waals surface area contributed by atoms with Crippen molar-refractivity contribution in [3.63, 3.8) is 0 Å². The number of nitrogens with one attached hydrogen (secondary N) is 1. The average Bonchev–Trinajstić information content (AvgIpc) is 2.92. The second-order valence-corrected chi connectivity index (χ2v) is 7.53. The summed E-state index contributed by atoms with van der Waals surface area (Å²) >= 11 is 1.24. The predicted octanol–water partition coefficient (Wildman–Crippen LogP) is 3.73. The molecule has 1 atom stereocenters. The van der Waals surface area contributed by atoms with E-state index in [9.17, 15) is 14.0 Å². The van der Waals surface area contributed by atoms with Crippen molar-refractivity contribution < 1.29 is 14.0 Å². The topological polar surface area (TPSA) is 62.3 Å². The van der Waals surface area contributed by atoms with E-state index in [4.69, 9.17) is 0 Å². The standard InChI is InChI=1S/C19H22FN3O2S/c1-13-5-4-9-23(10-8-13)17(24)11-14-12-26-19(21-14)22-18(25)15-6-2-3-7-16(15)20/h2-3,6-7,12-13H,4-5,8-11H2,1H3,(H,21,22,25)/t13-/m1/s1. The molecule has 2 heterocycles. The van der Waals surface area contributed by atoms with Gasteiger partial charge in [0, 0.05) is 18.5 Å². The van der Waals surface area contributed by atoms with Gasteiger partial charge >= 0.3 is 0 Å². The Morgan fingerprint density at radius 2 is 2.12 bits per heavy atom. The minimum atomic E-state index is -0.577. The third-order valence-corrected chi connectivity index (χ3v) is 5.40. The van der Waals surface area contributed by atoms with Crippen molar-refractivity contribution in [2.45, 2.75) is 32.6 Å². The summed E-state index contributed by atoms with van der Waals surface area (Å²) in [6.07, 6.45) is 3.45. The summed E-state index contributed by atoms with van der Waals surface area (Å²) in [6, 6.07) is 5.79. The van der Waals surface area contributed by atoms with Gasteiger partial charge in [-0.15, -0.1) is 11.3 Å². The zero-order valence-corrected chi connectivity index (χ0v) is 15.5. The monoisotopic (exact) mass is 375 g/mol. The molecule has 1 aromatic carbocycles. The molecule has 0 saturated carbocycles. The predicted molar refractivity (Wildman–Crippen MR) is 99.8 cm³/mol. The molecule has 1 aliphatic rings. The van der Waals surface area contributed by atoms with Gasteiger partial charge in [0.2, 0.25) is 5.91 Å². The van der Waals surface area contributed by atoms with Gasteiger partial charge in [-0.3, -0.25) is 14.9 Å². The lowest BCUT2D eigenvalue weighted by Crippen LogP contribution is -2.33. The Hall–Kier alpha value is -2.28. The van der Waals surface area contributed by atoms with E-state index < -0.39 is 11.7 Å². The van der Waals surface area contributed by atoms with Crippen LogP contribution < -0.4 is 5.32 Å². The molecule has 1 saturated heterocycles. The molecule has 5 nitrogen and oxygen atoms in total. The van der Waals surface area contributed by atoms with Crippen LogP contribution in [0.3, 0.4) is 0 Å². The maximum atomic E-state index is 13.7. The van der Waals surface area contributed by atoms with Crippen molar-refractivity contribution in [2.75, 3.05) is 18.4 Å². The second-order valence-electron chi connectivity index (χ2n) is 6.67. The largest absolute Gasteiger partial charge is 0.342 e. The summed E-state index contributed by atoms with van der Waals surface area (Å²) in [6.45, 7) is 3.81. The lowest BCUT2D eigenvalue weighted by atomic mass is 10.0. The lowest BCUT2D eigenvalue weighted by molar-refractivity contribution is -0.130. The first-order chi connectivity index (χ1) is 12.5. The van der Waals surface area contributed by atoms with Gasteiger partial charge < -0.3 is 4.90 Å². The smallest absolute Gasteiger partial charge is 0.260 e. The van der Waals surface area contributed by atoms with Crippen LogP contribution in [0.4, 0.5) is 9.52 Å². The highest BCUT2D eigenvalue weighted by Crippen LogP contribution is 2.20. The van der Waals surface area contributed by atoms with Crippen LogP contribution in [0.25, 0.3) is 0 Å². The lowest BCUT2D eigenvalue weighted by Gasteiger charge is -2.19. The molecule has 1 aromatic heterocycles. The zero-order chi connectivity index (χ0) is 18.5. The summed E-state index contributed by atoms with van der Waals surface area (Å²) in [7, 11) is 0. The highest BCUT2D eigenvalue weighted by Gasteiger charge is 2.20. The van der Waals surface area contributed by atoms with E-state index in [-0.39, 0.29) is 17.9 Å². The molecule has 0 aliphatic carbocycles. The van der Waals surface area contributed by atoms with Gasteiger partial charge in [0.15, 0.2) is 5.13 Å². The number of rotatable bonds is 4. The zero-order valence-electron chi connectivity index (χ0n) is 14.7. The molecular formula is C19H22FN3O2S. The summed E-state index contributed by atoms with van der Waals surface area (Å²) in [5, 5.41) is 4.72. The highest BCUT2D eigenvalue weighted by atomic mass is 32.1. The van der Waals surface area contributed by atoms with Crippen LogP contribution in [0.5, 0.6) is 0 Å². The average molecular weight is 375 g/mol. The van der Waals surface area contributed by atoms with Crippen LogP contribution >= 0.6 is 11.3 Å². The van der Waals surface area contributed by atoms with E-state index in [0.717, 1.165) is 32.4 Å². The molecule has 2 amide bonds. The first-order valence-electron chi connectivity index (χ1n) is 8.81. The summed E-state index contributed by atoms with van der Waals surface area (Å²) in [5.41, 5.74) is 0.597. The van der Waals surface area contributed by atoms with Gasteiger partial charge in [0.05, 0.1) is 17.7 Å². The quantitative estimate of drug-likeness (QED) is 0.886. The molecule has 0 spiro atoms. The molecular weight excluding hydrogens is 353 g/mol. The molecule has 0 bridgehead atoms. The van der Waals surface area contributed by atoms with Crippen molar-refractivity contribution >= 4 is 28.3 Å². The number of hydrogen-bond donors (Lipinski definition) is 1. The van der Waals surface area contributed by atoms with Crippen LogP contribution in [0.15, 0.2) is 29.6 Å². The van der Waals surface area contributed by atoms with E-state index in [1.54, 1.807) is 11.4 Å². The fourth-order valence-corrected chi connectivity index (χ4v) is 3.74. The number of halogens is 1. The number of benzene rings is 1. The number of hydrogen-bond acceptors (Lipinski definition) is 4. The third kappa shape index (κ3) is 4.66. The van der Waals surface area contributed by atoms with Gasteiger partial charge in [-0.1, -0.05) is 19.1 Å². The highest BCUT2D eigenvalue weighted by molar-refractivity contribution is 7.14. The van der Waals surface area contributed by atoms with E-state index in [1.807, 2.05) is 4.90 Å². The third-order valence-electron chi connectivity index (χ3n) is 4.59. The number of thiazole rings is 1. The van der Waals surface area contributed by atoms with Gasteiger partial charge in [0.25, 0.3) is 5.91 Å². The molecule has 0 unspecified atom stereocenters. The Balaban J connectivity index is 1.58. The van der Waals surface area contributed by atoms with Gasteiger partial charge in [-0.05, 0) is 37.3 Å². The number of amides is 2. The van der Waals surface area contributed by atoms with Crippen molar-refractivity contribution in [3.05, 3.63) is 46.7 Å². The number of carbonyl (C=O) groups is 2. The number of aromatic nitrogens is 1. The van der Waals surface area contributed by atoms with E-state index in [2.05, 4.69) is 17.2 Å². The van der Waals surface area contributed by atoms with E-state index >= 15 is 0 Å². The summed E-state index contributed by atoms with van der Waals surface area (Å²) in [5.74, 6) is -0.396. The van der Waals surface area contributed by atoms with Crippen LogP contribution in [0, 0.1) is 11.7 Å². The van der Waals surface area contributed by atoms with E-state index in [1.165, 1.54) is 29.5 Å². The van der Waals surface area contributed by atoms with E-state index in [0.29, 0.717) is 16.7 Å². The fraction of sp³-hybridized carbons (Fsp3) is 0.421. The Labute approximate surface area is 156 Å². The fourth-order valence-electron chi connectivity index (χ4n) is 3.03. The number of carbonyl (C=O) groups excluding carboxylic acids is 2. The Bertz CT molecular complexity index is 793. The second kappa shape index (κ2) is 8.40. The van der Waals surface area contributed by atoms with Crippen LogP contribution in [0.1, 0.15) is 42.2 Å². The minimum absolute atomic E-state index is 0.0287. The number of anilines is 1. The van der Waals surface area contributed by atoms with Gasteiger partial charge in [0.1, 0.15) is 5.82 Å².